The van der Waals surface area contributed by atoms with Gasteiger partial charge < -0.3 is 14.7 Å². The summed E-state index contributed by atoms with van der Waals surface area (Å²) in [5.41, 5.74) is 1.59. The minimum absolute atomic E-state index is 0.0300. The smallest absolute Gasteiger partial charge is 0.256 e. The first-order valence-electron chi connectivity index (χ1n) is 10.9. The van der Waals surface area contributed by atoms with E-state index < -0.39 is 11.8 Å². The minimum atomic E-state index is -0.980. The van der Waals surface area contributed by atoms with Gasteiger partial charge in [0.1, 0.15) is 5.54 Å². The molecule has 1 saturated heterocycles. The largest absolute Gasteiger partial charge is 0.366 e. The maximum atomic E-state index is 13.6. The number of nitrogens with zero attached hydrogens (tertiary/aromatic N) is 6. The third kappa shape index (κ3) is 4.05. The molecule has 1 amide bonds. The standard InChI is InChI=1S/C23H30N6O3/c1-16-9-10-17(18-13-26-28(15-18)23(2,3)22(31)32-4)14-27(16)21(30)19-7-5-6-8-20(19)29-24-11-12-25-29/h5-8,11-13,15-17,22,31H,9-10,14H2,1-4H3/t16-,17-,22?/m1/s1. The van der Waals surface area contributed by atoms with Gasteiger partial charge in [0.2, 0.25) is 0 Å². The predicted molar refractivity (Wildman–Crippen MR) is 118 cm³/mol. The molecule has 9 heteroatoms. The van der Waals surface area contributed by atoms with Crippen LogP contribution in [-0.2, 0) is 10.3 Å². The van der Waals surface area contributed by atoms with Gasteiger partial charge in [-0.15, -0.1) is 0 Å². The van der Waals surface area contributed by atoms with Gasteiger partial charge in [-0.3, -0.25) is 9.48 Å². The average molecular weight is 439 g/mol. The summed E-state index contributed by atoms with van der Waals surface area (Å²) < 4.78 is 6.84. The molecule has 0 aliphatic carbocycles. The highest BCUT2D eigenvalue weighted by atomic mass is 16.6. The van der Waals surface area contributed by atoms with E-state index >= 15 is 0 Å². The van der Waals surface area contributed by atoms with Crippen LogP contribution in [0, 0.1) is 0 Å². The summed E-state index contributed by atoms with van der Waals surface area (Å²) in [5, 5.41) is 23.1. The summed E-state index contributed by atoms with van der Waals surface area (Å²) in [4.78, 5) is 17.0. The second kappa shape index (κ2) is 8.84. The molecule has 0 spiro atoms. The zero-order valence-corrected chi connectivity index (χ0v) is 18.9. The summed E-state index contributed by atoms with van der Waals surface area (Å²) in [7, 11) is 1.47. The average Bonchev–Trinajstić information content (AvgIpc) is 3.51. The second-order valence-corrected chi connectivity index (χ2v) is 8.88. The van der Waals surface area contributed by atoms with Crippen LogP contribution < -0.4 is 0 Å². The molecule has 1 aliphatic heterocycles. The van der Waals surface area contributed by atoms with E-state index in [2.05, 4.69) is 22.2 Å². The Hall–Kier alpha value is -3.04. The third-order valence-electron chi connectivity index (χ3n) is 6.40. The highest BCUT2D eigenvalue weighted by molar-refractivity contribution is 5.98. The van der Waals surface area contributed by atoms with E-state index in [0.717, 1.165) is 18.4 Å². The van der Waals surface area contributed by atoms with E-state index in [1.54, 1.807) is 17.1 Å². The zero-order valence-electron chi connectivity index (χ0n) is 18.9. The Balaban J connectivity index is 1.57. The molecule has 4 rings (SSSR count). The van der Waals surface area contributed by atoms with Crippen molar-refractivity contribution in [3.63, 3.8) is 0 Å². The van der Waals surface area contributed by atoms with Crippen LogP contribution in [0.15, 0.2) is 49.1 Å². The van der Waals surface area contributed by atoms with Crippen LogP contribution in [0.2, 0.25) is 0 Å². The van der Waals surface area contributed by atoms with Gasteiger partial charge in [0.25, 0.3) is 5.91 Å². The van der Waals surface area contributed by atoms with Gasteiger partial charge in [-0.2, -0.15) is 20.1 Å². The van der Waals surface area contributed by atoms with E-state index in [9.17, 15) is 9.90 Å². The van der Waals surface area contributed by atoms with Crippen molar-refractivity contribution in [3.05, 3.63) is 60.2 Å². The first-order valence-corrected chi connectivity index (χ1v) is 10.9. The summed E-state index contributed by atoms with van der Waals surface area (Å²) in [6.07, 6.45) is 7.86. The molecule has 1 aromatic carbocycles. The second-order valence-electron chi connectivity index (χ2n) is 8.88. The Morgan fingerprint density at radius 2 is 1.91 bits per heavy atom. The van der Waals surface area contributed by atoms with Gasteiger partial charge in [-0.05, 0) is 51.3 Å². The Bertz CT molecular complexity index is 1060. The van der Waals surface area contributed by atoms with Crippen LogP contribution in [-0.4, -0.2) is 66.7 Å². The molecule has 2 aromatic heterocycles. The molecule has 3 aromatic rings. The molecular formula is C23H30N6O3. The van der Waals surface area contributed by atoms with Crippen molar-refractivity contribution < 1.29 is 14.6 Å². The number of rotatable bonds is 6. The van der Waals surface area contributed by atoms with Gasteiger partial charge in [0.05, 0.1) is 29.8 Å². The molecular weight excluding hydrogens is 408 g/mol. The number of hydrogen-bond donors (Lipinski definition) is 1. The minimum Gasteiger partial charge on any atom is -0.366 e. The molecule has 3 heterocycles. The first kappa shape index (κ1) is 22.2. The van der Waals surface area contributed by atoms with Crippen LogP contribution in [0.1, 0.15) is 55.5 Å². The predicted octanol–water partition coefficient (Wildman–Crippen LogP) is 2.57. The fourth-order valence-electron chi connectivity index (χ4n) is 4.25. The van der Waals surface area contributed by atoms with Gasteiger partial charge in [0, 0.05) is 31.8 Å². The fourth-order valence-corrected chi connectivity index (χ4v) is 4.25. The molecule has 170 valence electrons. The molecule has 32 heavy (non-hydrogen) atoms. The molecule has 1 N–H and O–H groups in total. The van der Waals surface area contributed by atoms with Crippen molar-refractivity contribution in [1.29, 1.82) is 0 Å². The van der Waals surface area contributed by atoms with Gasteiger partial charge in [0.15, 0.2) is 6.29 Å². The normalized spacial score (nSPS) is 20.3. The number of piperidine rings is 1. The molecule has 3 atom stereocenters. The first-order chi connectivity index (χ1) is 15.3. The van der Waals surface area contributed by atoms with Crippen molar-refractivity contribution >= 4 is 5.91 Å². The highest BCUT2D eigenvalue weighted by Crippen LogP contribution is 2.32. The van der Waals surface area contributed by atoms with Crippen molar-refractivity contribution in [1.82, 2.24) is 29.7 Å². The number of methoxy groups -OCH3 is 1. The van der Waals surface area contributed by atoms with Gasteiger partial charge >= 0.3 is 0 Å². The number of aliphatic hydroxyl groups is 1. The molecule has 0 radical (unpaired) electrons. The van der Waals surface area contributed by atoms with E-state index in [4.69, 9.17) is 4.74 Å². The maximum absolute atomic E-state index is 13.6. The van der Waals surface area contributed by atoms with Gasteiger partial charge in [-0.1, -0.05) is 12.1 Å². The van der Waals surface area contributed by atoms with Crippen molar-refractivity contribution in [2.24, 2.45) is 0 Å². The van der Waals surface area contributed by atoms with Crippen molar-refractivity contribution in [2.75, 3.05) is 13.7 Å². The van der Waals surface area contributed by atoms with E-state index in [0.29, 0.717) is 17.8 Å². The number of para-hydroxylation sites is 1. The van der Waals surface area contributed by atoms with Crippen LogP contribution >= 0.6 is 0 Å². The summed E-state index contributed by atoms with van der Waals surface area (Å²) in [5.74, 6) is 0.131. The Morgan fingerprint density at radius 1 is 1.19 bits per heavy atom. The Kier molecular flexibility index (Phi) is 6.12. The lowest BCUT2D eigenvalue weighted by atomic mass is 9.88. The van der Waals surface area contributed by atoms with Crippen LogP contribution in [0.25, 0.3) is 5.69 Å². The molecule has 0 bridgehead atoms. The lowest BCUT2D eigenvalue weighted by Crippen LogP contribution is -2.45. The molecule has 1 fully saturated rings. The number of hydrogen-bond acceptors (Lipinski definition) is 6. The van der Waals surface area contributed by atoms with E-state index in [-0.39, 0.29) is 17.9 Å². The van der Waals surface area contributed by atoms with E-state index in [1.807, 2.05) is 55.4 Å². The van der Waals surface area contributed by atoms with Crippen molar-refractivity contribution in [2.45, 2.75) is 57.4 Å². The number of carbonyl (C=O) groups is 1. The number of ether oxygens (including phenoxy) is 1. The number of likely N-dealkylation sites (tertiary alicyclic amines) is 1. The third-order valence-corrected chi connectivity index (χ3v) is 6.40. The van der Waals surface area contributed by atoms with Crippen LogP contribution in [0.4, 0.5) is 0 Å². The lowest BCUT2D eigenvalue weighted by Gasteiger charge is -2.38. The monoisotopic (exact) mass is 438 g/mol. The number of aliphatic hydroxyl groups excluding tert-OH is 1. The summed E-state index contributed by atoms with van der Waals surface area (Å²) in [6.45, 7) is 6.43. The number of aromatic nitrogens is 5. The molecule has 1 aliphatic rings. The van der Waals surface area contributed by atoms with Crippen molar-refractivity contribution in [3.8, 4) is 5.69 Å². The Labute approximate surface area is 187 Å². The number of benzene rings is 1. The lowest BCUT2D eigenvalue weighted by molar-refractivity contribution is -0.141. The topological polar surface area (TPSA) is 98.3 Å². The SMILES string of the molecule is COC(O)C(C)(C)n1cc([C@@H]2CC[C@@H](C)N(C(=O)c3ccccc3-n3nccn3)C2)cn1. The van der Waals surface area contributed by atoms with Crippen LogP contribution in [0.3, 0.4) is 0 Å². The molecule has 9 nitrogen and oxygen atoms in total. The summed E-state index contributed by atoms with van der Waals surface area (Å²) >= 11 is 0. The molecule has 0 saturated carbocycles. The van der Waals surface area contributed by atoms with Gasteiger partial charge in [-0.25, -0.2) is 0 Å². The number of amides is 1. The van der Waals surface area contributed by atoms with E-state index in [1.165, 1.54) is 11.9 Å². The summed E-state index contributed by atoms with van der Waals surface area (Å²) in [6, 6.07) is 7.54. The zero-order chi connectivity index (χ0) is 22.9. The quantitative estimate of drug-likeness (QED) is 0.594. The fraction of sp³-hybridized carbons (Fsp3) is 0.478. The highest BCUT2D eigenvalue weighted by Gasteiger charge is 2.34. The van der Waals surface area contributed by atoms with Crippen LogP contribution in [0.5, 0.6) is 0 Å². The Morgan fingerprint density at radius 3 is 2.62 bits per heavy atom. The number of carbonyl (C=O) groups excluding carboxylic acids is 1. The maximum Gasteiger partial charge on any atom is 0.256 e. The molecule has 1 unspecified atom stereocenters.